The molecule has 2 atom stereocenters. The van der Waals surface area contributed by atoms with Gasteiger partial charge in [0.2, 0.25) is 5.91 Å². The molecule has 1 aromatic carbocycles. The molecule has 2 unspecified atom stereocenters. The fourth-order valence-corrected chi connectivity index (χ4v) is 4.62. The van der Waals surface area contributed by atoms with Gasteiger partial charge in [-0.3, -0.25) is 9.63 Å². The van der Waals surface area contributed by atoms with Crippen LogP contribution in [0.5, 0.6) is 0 Å². The number of urea groups is 1. The fourth-order valence-electron chi connectivity index (χ4n) is 4.62. The van der Waals surface area contributed by atoms with E-state index in [0.717, 1.165) is 12.0 Å². The maximum Gasteiger partial charge on any atom is 0.410 e. The van der Waals surface area contributed by atoms with Crippen LogP contribution in [0.15, 0.2) is 30.3 Å². The molecule has 180 valence electrons. The van der Waals surface area contributed by atoms with E-state index in [2.05, 4.69) is 5.32 Å². The SMILES string of the molecule is CC(C)(C)OC(=O)N1CCC(NC(=O)C2CCC3CN2C(=O)N3OCc2ccccc2)CC1. The standard InChI is InChI=1S/C24H34N4O5/c1-24(2,3)33-23(31)26-13-11-18(12-14-26)25-21(29)20-10-9-19-15-27(20)22(30)28(19)32-16-17-7-5-4-6-8-17/h4-8,18-20H,9-16H2,1-3H3,(H,25,29). The number of fused-ring (bicyclic) bond motifs is 2. The Balaban J connectivity index is 1.26. The van der Waals surface area contributed by atoms with E-state index in [1.54, 1.807) is 9.80 Å². The number of carbonyl (C=O) groups is 3. The maximum absolute atomic E-state index is 13.0. The minimum absolute atomic E-state index is 0.0166. The Morgan fingerprint density at radius 3 is 2.42 bits per heavy atom. The Labute approximate surface area is 194 Å². The van der Waals surface area contributed by atoms with Gasteiger partial charge in [0.15, 0.2) is 0 Å². The first-order valence-electron chi connectivity index (χ1n) is 11.8. The third-order valence-electron chi connectivity index (χ3n) is 6.33. The minimum Gasteiger partial charge on any atom is -0.444 e. The number of amides is 4. The Morgan fingerprint density at radius 1 is 1.06 bits per heavy atom. The van der Waals surface area contributed by atoms with Crippen molar-refractivity contribution in [2.45, 2.75) is 76.8 Å². The van der Waals surface area contributed by atoms with Crippen molar-refractivity contribution in [1.29, 1.82) is 0 Å². The monoisotopic (exact) mass is 458 g/mol. The number of hydroxylamine groups is 2. The molecule has 0 saturated carbocycles. The van der Waals surface area contributed by atoms with E-state index in [9.17, 15) is 14.4 Å². The molecule has 0 aliphatic carbocycles. The zero-order valence-electron chi connectivity index (χ0n) is 19.7. The average molecular weight is 459 g/mol. The van der Waals surface area contributed by atoms with Gasteiger partial charge in [0.25, 0.3) is 0 Å². The lowest BCUT2D eigenvalue weighted by Crippen LogP contribution is -2.54. The lowest BCUT2D eigenvalue weighted by atomic mass is 9.99. The topological polar surface area (TPSA) is 91.4 Å². The van der Waals surface area contributed by atoms with Crippen LogP contribution in [0.4, 0.5) is 9.59 Å². The third kappa shape index (κ3) is 5.58. The van der Waals surface area contributed by atoms with Gasteiger partial charge in [0, 0.05) is 25.7 Å². The van der Waals surface area contributed by atoms with Crippen molar-refractivity contribution in [3.63, 3.8) is 0 Å². The smallest absolute Gasteiger partial charge is 0.410 e. The first kappa shape index (κ1) is 23.4. The maximum atomic E-state index is 13.0. The lowest BCUT2D eigenvalue weighted by Gasteiger charge is -2.35. The zero-order chi connectivity index (χ0) is 23.6. The molecule has 9 nitrogen and oxygen atoms in total. The molecule has 3 heterocycles. The van der Waals surface area contributed by atoms with Crippen LogP contribution in [0, 0.1) is 0 Å². The van der Waals surface area contributed by atoms with Gasteiger partial charge in [-0.2, -0.15) is 5.06 Å². The van der Waals surface area contributed by atoms with Gasteiger partial charge >= 0.3 is 12.1 Å². The molecular formula is C24H34N4O5. The minimum atomic E-state index is -0.526. The van der Waals surface area contributed by atoms with E-state index >= 15 is 0 Å². The highest BCUT2D eigenvalue weighted by molar-refractivity contribution is 5.88. The quantitative estimate of drug-likeness (QED) is 0.733. The van der Waals surface area contributed by atoms with Crippen molar-refractivity contribution >= 4 is 18.0 Å². The van der Waals surface area contributed by atoms with Crippen molar-refractivity contribution < 1.29 is 24.0 Å². The Morgan fingerprint density at radius 2 is 1.76 bits per heavy atom. The molecule has 9 heteroatoms. The summed E-state index contributed by atoms with van der Waals surface area (Å²) in [6.07, 6.45) is 2.36. The van der Waals surface area contributed by atoms with Crippen LogP contribution >= 0.6 is 0 Å². The van der Waals surface area contributed by atoms with Crippen LogP contribution < -0.4 is 5.32 Å². The average Bonchev–Trinajstić information content (AvgIpc) is 3.01. The zero-order valence-corrected chi connectivity index (χ0v) is 19.7. The van der Waals surface area contributed by atoms with E-state index < -0.39 is 11.6 Å². The number of nitrogens with zero attached hydrogens (tertiary/aromatic N) is 3. The second-order valence-electron chi connectivity index (χ2n) is 10.0. The number of nitrogens with one attached hydrogen (secondary N) is 1. The molecule has 4 amide bonds. The molecule has 4 rings (SSSR count). The third-order valence-corrected chi connectivity index (χ3v) is 6.33. The van der Waals surface area contributed by atoms with Crippen LogP contribution in [-0.2, 0) is 21.0 Å². The number of hydrogen-bond donors (Lipinski definition) is 1. The summed E-state index contributed by atoms with van der Waals surface area (Å²) in [5, 5.41) is 4.55. The molecule has 1 aromatic rings. The number of piperidine rings is 2. The molecule has 3 aliphatic rings. The van der Waals surface area contributed by atoms with Gasteiger partial charge in [-0.25, -0.2) is 9.59 Å². The highest BCUT2D eigenvalue weighted by atomic mass is 16.7. The fraction of sp³-hybridized carbons (Fsp3) is 0.625. The summed E-state index contributed by atoms with van der Waals surface area (Å²) in [5.74, 6) is -0.123. The number of benzene rings is 1. The van der Waals surface area contributed by atoms with Crippen molar-refractivity contribution in [2.24, 2.45) is 0 Å². The number of hydrogen-bond acceptors (Lipinski definition) is 5. The Kier molecular flexibility index (Phi) is 6.78. The summed E-state index contributed by atoms with van der Waals surface area (Å²) in [7, 11) is 0. The predicted octanol–water partition coefficient (Wildman–Crippen LogP) is 2.90. The van der Waals surface area contributed by atoms with E-state index in [0.29, 0.717) is 45.5 Å². The van der Waals surface area contributed by atoms with E-state index in [1.165, 1.54) is 5.06 Å². The molecule has 3 fully saturated rings. The summed E-state index contributed by atoms with van der Waals surface area (Å²) in [5.41, 5.74) is 0.468. The number of ether oxygens (including phenoxy) is 1. The van der Waals surface area contributed by atoms with Gasteiger partial charge in [-0.1, -0.05) is 30.3 Å². The van der Waals surface area contributed by atoms with E-state index in [4.69, 9.17) is 9.57 Å². The second kappa shape index (κ2) is 9.59. The Hall–Kier alpha value is -2.81. The largest absolute Gasteiger partial charge is 0.444 e. The van der Waals surface area contributed by atoms with Crippen LogP contribution in [0.3, 0.4) is 0 Å². The molecular weight excluding hydrogens is 424 g/mol. The number of likely N-dealkylation sites (tertiary alicyclic amines) is 1. The van der Waals surface area contributed by atoms with E-state index in [1.807, 2.05) is 51.1 Å². The molecule has 0 radical (unpaired) electrons. The van der Waals surface area contributed by atoms with Crippen LogP contribution in [0.25, 0.3) is 0 Å². The summed E-state index contributed by atoms with van der Waals surface area (Å²) in [4.78, 5) is 47.3. The predicted molar refractivity (Wildman–Crippen MR) is 121 cm³/mol. The van der Waals surface area contributed by atoms with Gasteiger partial charge in [-0.05, 0) is 52.0 Å². The lowest BCUT2D eigenvalue weighted by molar-refractivity contribution is -0.140. The molecule has 3 saturated heterocycles. The Bertz CT molecular complexity index is 863. The van der Waals surface area contributed by atoms with Crippen molar-refractivity contribution in [1.82, 2.24) is 20.2 Å². The first-order valence-corrected chi connectivity index (χ1v) is 11.8. The molecule has 0 spiro atoms. The second-order valence-corrected chi connectivity index (χ2v) is 10.0. The van der Waals surface area contributed by atoms with Crippen LogP contribution in [0.2, 0.25) is 0 Å². The van der Waals surface area contributed by atoms with Gasteiger partial charge < -0.3 is 19.9 Å². The summed E-state index contributed by atoms with van der Waals surface area (Å²) in [6.45, 7) is 7.44. The molecule has 1 N–H and O–H groups in total. The van der Waals surface area contributed by atoms with Gasteiger partial charge in [0.1, 0.15) is 18.2 Å². The number of rotatable bonds is 5. The van der Waals surface area contributed by atoms with Gasteiger partial charge in [-0.15, -0.1) is 0 Å². The van der Waals surface area contributed by atoms with Crippen molar-refractivity contribution in [3.05, 3.63) is 35.9 Å². The summed E-state index contributed by atoms with van der Waals surface area (Å²) >= 11 is 0. The van der Waals surface area contributed by atoms with E-state index in [-0.39, 0.29) is 30.1 Å². The molecule has 3 aliphatic heterocycles. The van der Waals surface area contributed by atoms with Crippen molar-refractivity contribution in [3.8, 4) is 0 Å². The first-order chi connectivity index (χ1) is 15.7. The highest BCUT2D eigenvalue weighted by Gasteiger charge is 2.48. The highest BCUT2D eigenvalue weighted by Crippen LogP contribution is 2.31. The number of carbonyl (C=O) groups excluding carboxylic acids is 3. The summed E-state index contributed by atoms with van der Waals surface area (Å²) in [6, 6.07) is 8.95. The molecule has 0 aromatic heterocycles. The normalized spacial score (nSPS) is 23.6. The molecule has 2 bridgehead atoms. The van der Waals surface area contributed by atoms with Gasteiger partial charge in [0.05, 0.1) is 6.04 Å². The van der Waals surface area contributed by atoms with Crippen LogP contribution in [-0.4, -0.2) is 76.3 Å². The molecule has 33 heavy (non-hydrogen) atoms. The van der Waals surface area contributed by atoms with Crippen LogP contribution in [0.1, 0.15) is 52.0 Å². The summed E-state index contributed by atoms with van der Waals surface area (Å²) < 4.78 is 5.43. The van der Waals surface area contributed by atoms with Crippen molar-refractivity contribution in [2.75, 3.05) is 19.6 Å².